The standard InChI is InChI=1S/C20H38N4O4/c1-20(2,3)28-19(25)24-11-5-7-16(15-24)23-18(21-4)22-10-6-12-27-17-8-13-26-14-9-17/h16-17H,5-15H2,1-4H3,(H2,21,22,23). The highest BCUT2D eigenvalue weighted by Crippen LogP contribution is 2.15. The molecule has 0 aromatic heterocycles. The lowest BCUT2D eigenvalue weighted by molar-refractivity contribution is -0.0320. The Kier molecular flexibility index (Phi) is 9.31. The normalized spacial score (nSPS) is 22.1. The second-order valence-corrected chi connectivity index (χ2v) is 8.44. The molecule has 0 aliphatic carbocycles. The topological polar surface area (TPSA) is 84.4 Å². The molecule has 8 nitrogen and oxygen atoms in total. The van der Waals surface area contributed by atoms with Crippen molar-refractivity contribution >= 4 is 12.1 Å². The van der Waals surface area contributed by atoms with E-state index < -0.39 is 5.60 Å². The Balaban J connectivity index is 1.65. The number of carbonyl (C=O) groups is 1. The summed E-state index contributed by atoms with van der Waals surface area (Å²) < 4.78 is 16.7. The predicted molar refractivity (Wildman–Crippen MR) is 110 cm³/mol. The van der Waals surface area contributed by atoms with E-state index in [4.69, 9.17) is 14.2 Å². The van der Waals surface area contributed by atoms with Gasteiger partial charge in [0.05, 0.1) is 6.10 Å². The van der Waals surface area contributed by atoms with Crippen molar-refractivity contribution in [2.24, 2.45) is 4.99 Å². The molecule has 2 aliphatic rings. The van der Waals surface area contributed by atoms with Gasteiger partial charge in [-0.3, -0.25) is 4.99 Å². The van der Waals surface area contributed by atoms with Crippen molar-refractivity contribution in [3.05, 3.63) is 0 Å². The van der Waals surface area contributed by atoms with E-state index in [1.165, 1.54) is 0 Å². The molecule has 1 amide bonds. The highest BCUT2D eigenvalue weighted by molar-refractivity contribution is 5.80. The Hall–Kier alpha value is -1.54. The third-order valence-electron chi connectivity index (χ3n) is 4.77. The monoisotopic (exact) mass is 398 g/mol. The molecule has 0 radical (unpaired) electrons. The Morgan fingerprint density at radius 2 is 2.00 bits per heavy atom. The van der Waals surface area contributed by atoms with Gasteiger partial charge in [0.2, 0.25) is 0 Å². The number of nitrogens with zero attached hydrogens (tertiary/aromatic N) is 2. The summed E-state index contributed by atoms with van der Waals surface area (Å²) in [6.07, 6.45) is 4.96. The number of nitrogens with one attached hydrogen (secondary N) is 2. The zero-order chi connectivity index (χ0) is 20.4. The first-order valence-electron chi connectivity index (χ1n) is 10.5. The quantitative estimate of drug-likeness (QED) is 0.405. The van der Waals surface area contributed by atoms with Crippen LogP contribution in [0, 0.1) is 0 Å². The van der Waals surface area contributed by atoms with Crippen LogP contribution in [0.4, 0.5) is 4.79 Å². The maximum atomic E-state index is 12.3. The lowest BCUT2D eigenvalue weighted by Crippen LogP contribution is -2.53. The van der Waals surface area contributed by atoms with Gasteiger partial charge in [-0.05, 0) is 52.9 Å². The van der Waals surface area contributed by atoms with Gasteiger partial charge in [-0.2, -0.15) is 0 Å². The highest BCUT2D eigenvalue weighted by atomic mass is 16.6. The number of amides is 1. The summed E-state index contributed by atoms with van der Waals surface area (Å²) in [5.74, 6) is 0.766. The van der Waals surface area contributed by atoms with E-state index in [9.17, 15) is 4.79 Å². The third-order valence-corrected chi connectivity index (χ3v) is 4.77. The van der Waals surface area contributed by atoms with Crippen LogP contribution in [0.15, 0.2) is 4.99 Å². The van der Waals surface area contributed by atoms with Crippen LogP contribution in [0.1, 0.15) is 52.9 Å². The molecule has 2 rings (SSSR count). The van der Waals surface area contributed by atoms with E-state index in [1.807, 2.05) is 20.8 Å². The van der Waals surface area contributed by atoms with Crippen LogP contribution in [0.25, 0.3) is 0 Å². The highest BCUT2D eigenvalue weighted by Gasteiger charge is 2.28. The molecular formula is C20H38N4O4. The van der Waals surface area contributed by atoms with E-state index in [2.05, 4.69) is 15.6 Å². The lowest BCUT2D eigenvalue weighted by Gasteiger charge is -2.35. The Labute approximate surface area is 169 Å². The number of hydrogen-bond acceptors (Lipinski definition) is 5. The molecule has 0 spiro atoms. The smallest absolute Gasteiger partial charge is 0.410 e. The van der Waals surface area contributed by atoms with Gasteiger partial charge in [-0.15, -0.1) is 0 Å². The van der Waals surface area contributed by atoms with E-state index in [0.717, 1.165) is 71.0 Å². The molecule has 0 aromatic carbocycles. The summed E-state index contributed by atoms with van der Waals surface area (Å²) >= 11 is 0. The van der Waals surface area contributed by atoms with Gasteiger partial charge in [0.15, 0.2) is 5.96 Å². The van der Waals surface area contributed by atoms with Crippen LogP contribution in [-0.4, -0.2) is 81.2 Å². The van der Waals surface area contributed by atoms with Crippen molar-refractivity contribution in [2.75, 3.05) is 46.5 Å². The predicted octanol–water partition coefficient (Wildman–Crippen LogP) is 2.14. The minimum absolute atomic E-state index is 0.172. The number of rotatable bonds is 6. The fourth-order valence-electron chi connectivity index (χ4n) is 3.35. The molecule has 1 atom stereocenters. The first-order valence-corrected chi connectivity index (χ1v) is 10.5. The molecular weight excluding hydrogens is 360 g/mol. The molecule has 2 saturated heterocycles. The number of carbonyl (C=O) groups excluding carboxylic acids is 1. The largest absolute Gasteiger partial charge is 0.444 e. The third kappa shape index (κ3) is 8.65. The van der Waals surface area contributed by atoms with Crippen molar-refractivity contribution in [2.45, 2.75) is 70.6 Å². The molecule has 0 aromatic rings. The summed E-state index contributed by atoms with van der Waals surface area (Å²) in [4.78, 5) is 18.4. The zero-order valence-corrected chi connectivity index (χ0v) is 18.0. The van der Waals surface area contributed by atoms with Crippen LogP contribution in [0.3, 0.4) is 0 Å². The second kappa shape index (κ2) is 11.5. The SMILES string of the molecule is CN=C(NCCCOC1CCOCC1)NC1CCCN(C(=O)OC(C)(C)C)C1. The summed E-state index contributed by atoms with van der Waals surface area (Å²) in [6, 6.07) is 0.172. The molecule has 8 heteroatoms. The summed E-state index contributed by atoms with van der Waals surface area (Å²) in [7, 11) is 1.77. The molecule has 162 valence electrons. The average molecular weight is 399 g/mol. The molecule has 1 unspecified atom stereocenters. The maximum Gasteiger partial charge on any atom is 0.410 e. The average Bonchev–Trinajstić information content (AvgIpc) is 2.66. The molecule has 2 aliphatic heterocycles. The van der Waals surface area contributed by atoms with Crippen molar-refractivity contribution in [1.29, 1.82) is 0 Å². The van der Waals surface area contributed by atoms with Gasteiger partial charge < -0.3 is 29.7 Å². The van der Waals surface area contributed by atoms with Gasteiger partial charge in [0.1, 0.15) is 5.60 Å². The number of guanidine groups is 1. The van der Waals surface area contributed by atoms with Crippen LogP contribution < -0.4 is 10.6 Å². The lowest BCUT2D eigenvalue weighted by atomic mass is 10.1. The number of aliphatic imine (C=N–C) groups is 1. The first-order chi connectivity index (χ1) is 13.4. The Morgan fingerprint density at radius 1 is 1.25 bits per heavy atom. The summed E-state index contributed by atoms with van der Waals surface area (Å²) in [5.41, 5.74) is -0.470. The first kappa shape index (κ1) is 22.7. The molecule has 28 heavy (non-hydrogen) atoms. The van der Waals surface area contributed by atoms with E-state index in [0.29, 0.717) is 12.6 Å². The van der Waals surface area contributed by atoms with Crippen LogP contribution in [0.2, 0.25) is 0 Å². The summed E-state index contributed by atoms with van der Waals surface area (Å²) in [6.45, 7) is 10.2. The zero-order valence-electron chi connectivity index (χ0n) is 18.0. The van der Waals surface area contributed by atoms with Crippen molar-refractivity contribution in [3.63, 3.8) is 0 Å². The van der Waals surface area contributed by atoms with Gasteiger partial charge in [0, 0.05) is 52.5 Å². The van der Waals surface area contributed by atoms with Gasteiger partial charge in [-0.1, -0.05) is 0 Å². The minimum Gasteiger partial charge on any atom is -0.444 e. The molecule has 2 heterocycles. The van der Waals surface area contributed by atoms with E-state index in [1.54, 1.807) is 11.9 Å². The fraction of sp³-hybridized carbons (Fsp3) is 0.900. The maximum absolute atomic E-state index is 12.3. The Morgan fingerprint density at radius 3 is 2.68 bits per heavy atom. The summed E-state index contributed by atoms with van der Waals surface area (Å²) in [5, 5.41) is 6.76. The minimum atomic E-state index is -0.470. The van der Waals surface area contributed by atoms with Crippen LogP contribution in [-0.2, 0) is 14.2 Å². The second-order valence-electron chi connectivity index (χ2n) is 8.44. The van der Waals surface area contributed by atoms with E-state index in [-0.39, 0.29) is 12.1 Å². The molecule has 0 bridgehead atoms. The number of ether oxygens (including phenoxy) is 3. The van der Waals surface area contributed by atoms with Gasteiger partial charge in [-0.25, -0.2) is 4.79 Å². The molecule has 2 fully saturated rings. The number of piperidine rings is 1. The number of hydrogen-bond donors (Lipinski definition) is 2. The fourth-order valence-corrected chi connectivity index (χ4v) is 3.35. The van der Waals surface area contributed by atoms with Crippen molar-refractivity contribution < 1.29 is 19.0 Å². The van der Waals surface area contributed by atoms with Gasteiger partial charge >= 0.3 is 6.09 Å². The Bertz CT molecular complexity index is 501. The molecule has 0 saturated carbocycles. The van der Waals surface area contributed by atoms with E-state index >= 15 is 0 Å². The number of likely N-dealkylation sites (tertiary alicyclic amines) is 1. The van der Waals surface area contributed by atoms with Crippen LogP contribution >= 0.6 is 0 Å². The van der Waals surface area contributed by atoms with Crippen molar-refractivity contribution in [1.82, 2.24) is 15.5 Å². The van der Waals surface area contributed by atoms with Gasteiger partial charge in [0.25, 0.3) is 0 Å². The molecule has 2 N–H and O–H groups in total. The van der Waals surface area contributed by atoms with Crippen molar-refractivity contribution in [3.8, 4) is 0 Å². The van der Waals surface area contributed by atoms with Crippen LogP contribution in [0.5, 0.6) is 0 Å².